The maximum absolute atomic E-state index is 11.9. The second-order valence-corrected chi connectivity index (χ2v) is 5.54. The fourth-order valence-electron chi connectivity index (χ4n) is 2.86. The van der Waals surface area contributed by atoms with Crippen LogP contribution in [0.25, 0.3) is 0 Å². The van der Waals surface area contributed by atoms with Crippen LogP contribution in [0.4, 0.5) is 0 Å². The molecule has 0 aromatic rings. The lowest BCUT2D eigenvalue weighted by molar-refractivity contribution is -0.139. The van der Waals surface area contributed by atoms with Gasteiger partial charge in [-0.1, -0.05) is 13.3 Å². The molecule has 0 aromatic carbocycles. The van der Waals surface area contributed by atoms with Crippen molar-refractivity contribution in [2.75, 3.05) is 19.7 Å². The van der Waals surface area contributed by atoms with Crippen molar-refractivity contribution >= 4 is 5.91 Å². The third-order valence-electron chi connectivity index (χ3n) is 3.82. The summed E-state index contributed by atoms with van der Waals surface area (Å²) in [5.41, 5.74) is 6.04. The molecule has 0 aliphatic carbocycles. The van der Waals surface area contributed by atoms with E-state index < -0.39 is 0 Å². The summed E-state index contributed by atoms with van der Waals surface area (Å²) in [5, 5.41) is 0. The number of amides is 1. The number of carbonyl (C=O) groups excluding carboxylic acids is 1. The summed E-state index contributed by atoms with van der Waals surface area (Å²) in [6.45, 7) is 4.48. The summed E-state index contributed by atoms with van der Waals surface area (Å²) in [4.78, 5) is 13.8. The van der Waals surface area contributed by atoms with Gasteiger partial charge in [0.2, 0.25) is 5.91 Å². The van der Waals surface area contributed by atoms with Crippen molar-refractivity contribution in [1.29, 1.82) is 0 Å². The van der Waals surface area contributed by atoms with E-state index in [9.17, 15) is 4.79 Å². The summed E-state index contributed by atoms with van der Waals surface area (Å²) in [6, 6.07) is 0. The molecular weight excluding hydrogens is 216 g/mol. The maximum Gasteiger partial charge on any atom is 0.222 e. The van der Waals surface area contributed by atoms with Gasteiger partial charge in [0.05, 0.1) is 11.6 Å². The van der Waals surface area contributed by atoms with Crippen LogP contribution in [0.15, 0.2) is 0 Å². The first-order valence-corrected chi connectivity index (χ1v) is 6.81. The molecule has 2 aliphatic heterocycles. The van der Waals surface area contributed by atoms with Gasteiger partial charge in [-0.2, -0.15) is 0 Å². The molecule has 2 N–H and O–H groups in total. The Morgan fingerprint density at radius 1 is 1.53 bits per heavy atom. The second kappa shape index (κ2) is 5.36. The number of hydrogen-bond donors (Lipinski definition) is 1. The van der Waals surface area contributed by atoms with Gasteiger partial charge in [-0.05, 0) is 25.7 Å². The highest BCUT2D eigenvalue weighted by Crippen LogP contribution is 2.25. The number of carbonyl (C=O) groups is 1. The monoisotopic (exact) mass is 240 g/mol. The van der Waals surface area contributed by atoms with E-state index >= 15 is 0 Å². The minimum atomic E-state index is -0.103. The predicted molar refractivity (Wildman–Crippen MR) is 66.6 cm³/mol. The highest BCUT2D eigenvalue weighted by molar-refractivity contribution is 5.77. The Morgan fingerprint density at radius 3 is 2.88 bits per heavy atom. The van der Waals surface area contributed by atoms with Crippen molar-refractivity contribution in [3.05, 3.63) is 0 Å². The topological polar surface area (TPSA) is 55.6 Å². The number of ether oxygens (including phenoxy) is 1. The Hall–Kier alpha value is -0.610. The van der Waals surface area contributed by atoms with Crippen molar-refractivity contribution in [3.8, 4) is 0 Å². The van der Waals surface area contributed by atoms with E-state index in [1.807, 2.05) is 4.90 Å². The number of hydrogen-bond acceptors (Lipinski definition) is 3. The molecule has 2 fully saturated rings. The first kappa shape index (κ1) is 12.8. The van der Waals surface area contributed by atoms with Crippen LogP contribution in [0.2, 0.25) is 0 Å². The van der Waals surface area contributed by atoms with E-state index in [1.165, 1.54) is 0 Å². The Bertz CT molecular complexity index is 269. The molecule has 0 saturated carbocycles. The van der Waals surface area contributed by atoms with Gasteiger partial charge in [-0.3, -0.25) is 4.79 Å². The SMILES string of the molecule is CCCC1(N)CN(C(=O)CCC2CCCO2)C1. The summed E-state index contributed by atoms with van der Waals surface area (Å²) in [6.07, 6.45) is 6.18. The van der Waals surface area contributed by atoms with E-state index in [-0.39, 0.29) is 11.4 Å². The zero-order valence-corrected chi connectivity index (χ0v) is 10.8. The number of likely N-dealkylation sites (tertiary alicyclic amines) is 1. The van der Waals surface area contributed by atoms with Crippen LogP contribution in [0, 0.1) is 0 Å². The summed E-state index contributed by atoms with van der Waals surface area (Å²) in [5.74, 6) is 0.248. The largest absolute Gasteiger partial charge is 0.378 e. The van der Waals surface area contributed by atoms with Crippen molar-refractivity contribution in [2.45, 2.75) is 57.1 Å². The standard InChI is InChI=1S/C13H24N2O2/c1-2-7-13(14)9-15(10-13)12(16)6-5-11-4-3-8-17-11/h11H,2-10,14H2,1H3. The predicted octanol–water partition coefficient (Wildman–Crippen LogP) is 1.29. The average molecular weight is 240 g/mol. The van der Waals surface area contributed by atoms with E-state index in [1.54, 1.807) is 0 Å². The second-order valence-electron chi connectivity index (χ2n) is 5.54. The van der Waals surface area contributed by atoms with Crippen LogP contribution >= 0.6 is 0 Å². The Labute approximate surface area is 103 Å². The third-order valence-corrected chi connectivity index (χ3v) is 3.82. The molecule has 4 heteroatoms. The van der Waals surface area contributed by atoms with Gasteiger partial charge in [-0.15, -0.1) is 0 Å². The maximum atomic E-state index is 11.9. The Balaban J connectivity index is 1.65. The molecule has 0 spiro atoms. The highest BCUT2D eigenvalue weighted by atomic mass is 16.5. The third kappa shape index (κ3) is 3.19. The Kier molecular flexibility index (Phi) is 4.05. The molecule has 0 bridgehead atoms. The van der Waals surface area contributed by atoms with Crippen molar-refractivity contribution in [1.82, 2.24) is 4.90 Å². The molecule has 1 atom stereocenters. The van der Waals surface area contributed by atoms with Crippen LogP contribution in [-0.4, -0.2) is 42.1 Å². The van der Waals surface area contributed by atoms with E-state index in [2.05, 4.69) is 6.92 Å². The van der Waals surface area contributed by atoms with Crippen molar-refractivity contribution in [2.24, 2.45) is 5.73 Å². The van der Waals surface area contributed by atoms with E-state index in [4.69, 9.17) is 10.5 Å². The van der Waals surface area contributed by atoms with Crippen molar-refractivity contribution in [3.63, 3.8) is 0 Å². The van der Waals surface area contributed by atoms with E-state index in [0.717, 1.165) is 51.8 Å². The van der Waals surface area contributed by atoms with Gasteiger partial charge >= 0.3 is 0 Å². The molecule has 1 amide bonds. The van der Waals surface area contributed by atoms with Crippen LogP contribution in [0.3, 0.4) is 0 Å². The van der Waals surface area contributed by atoms with Crippen molar-refractivity contribution < 1.29 is 9.53 Å². The number of nitrogens with two attached hydrogens (primary N) is 1. The van der Waals surface area contributed by atoms with Crippen LogP contribution in [0.1, 0.15) is 45.4 Å². The Morgan fingerprint density at radius 2 is 2.29 bits per heavy atom. The van der Waals surface area contributed by atoms with E-state index in [0.29, 0.717) is 12.5 Å². The van der Waals surface area contributed by atoms with Gasteiger partial charge in [-0.25, -0.2) is 0 Å². The van der Waals surface area contributed by atoms with Gasteiger partial charge < -0.3 is 15.4 Å². The molecule has 4 nitrogen and oxygen atoms in total. The number of rotatable bonds is 5. The molecule has 2 saturated heterocycles. The first-order valence-electron chi connectivity index (χ1n) is 6.81. The first-order chi connectivity index (χ1) is 8.13. The lowest BCUT2D eigenvalue weighted by Crippen LogP contribution is -2.68. The quantitative estimate of drug-likeness (QED) is 0.787. The number of nitrogens with zero attached hydrogens (tertiary/aromatic N) is 1. The zero-order chi connectivity index (χ0) is 12.3. The van der Waals surface area contributed by atoms with Gasteiger partial charge in [0, 0.05) is 26.1 Å². The molecule has 17 heavy (non-hydrogen) atoms. The summed E-state index contributed by atoms with van der Waals surface area (Å²) in [7, 11) is 0. The smallest absolute Gasteiger partial charge is 0.222 e. The molecule has 2 heterocycles. The lowest BCUT2D eigenvalue weighted by atomic mass is 9.86. The van der Waals surface area contributed by atoms with Crippen LogP contribution in [0.5, 0.6) is 0 Å². The van der Waals surface area contributed by atoms with Gasteiger partial charge in [0.15, 0.2) is 0 Å². The average Bonchev–Trinajstić information content (AvgIpc) is 2.75. The summed E-state index contributed by atoms with van der Waals surface area (Å²) >= 11 is 0. The fourth-order valence-corrected chi connectivity index (χ4v) is 2.86. The zero-order valence-electron chi connectivity index (χ0n) is 10.8. The highest BCUT2D eigenvalue weighted by Gasteiger charge is 2.40. The van der Waals surface area contributed by atoms with Crippen LogP contribution < -0.4 is 5.73 Å². The van der Waals surface area contributed by atoms with Crippen LogP contribution in [-0.2, 0) is 9.53 Å². The molecule has 2 rings (SSSR count). The molecular formula is C13H24N2O2. The fraction of sp³-hybridized carbons (Fsp3) is 0.923. The molecule has 0 aromatic heterocycles. The van der Waals surface area contributed by atoms with Gasteiger partial charge in [0.25, 0.3) is 0 Å². The lowest BCUT2D eigenvalue weighted by Gasteiger charge is -2.48. The minimum Gasteiger partial charge on any atom is -0.378 e. The molecule has 98 valence electrons. The normalized spacial score (nSPS) is 26.9. The minimum absolute atomic E-state index is 0.103. The van der Waals surface area contributed by atoms with Gasteiger partial charge in [0.1, 0.15) is 0 Å². The molecule has 2 aliphatic rings. The summed E-state index contributed by atoms with van der Waals surface area (Å²) < 4.78 is 5.52. The molecule has 0 radical (unpaired) electrons. The molecule has 1 unspecified atom stereocenters.